The Morgan fingerprint density at radius 3 is 2.42 bits per heavy atom. The van der Waals surface area contributed by atoms with Crippen molar-refractivity contribution in [1.29, 1.82) is 0 Å². The van der Waals surface area contributed by atoms with Crippen LogP contribution in [0.4, 0.5) is 0 Å². The fourth-order valence-electron chi connectivity index (χ4n) is 2.11. The van der Waals surface area contributed by atoms with Gasteiger partial charge < -0.3 is 10.1 Å². The monoisotopic (exact) mass is 356 g/mol. The molecule has 0 aliphatic carbocycles. The maximum atomic E-state index is 12.0. The third kappa shape index (κ3) is 6.94. The number of unbranched alkanes of at least 4 members (excludes halogenated alkanes) is 1. The number of hydroxylamine groups is 1. The molecule has 0 spiro atoms. The number of nitrogens with one attached hydrogen (secondary N) is 2. The normalized spacial score (nSPS) is 10.2. The van der Waals surface area contributed by atoms with Crippen LogP contribution < -0.4 is 15.5 Å². The lowest BCUT2D eigenvalue weighted by Crippen LogP contribution is -2.36. The van der Waals surface area contributed by atoms with Crippen LogP contribution in [0.5, 0.6) is 5.75 Å². The highest BCUT2D eigenvalue weighted by atomic mass is 16.6. The van der Waals surface area contributed by atoms with Crippen LogP contribution in [0.1, 0.15) is 35.7 Å². The van der Waals surface area contributed by atoms with E-state index in [4.69, 9.17) is 9.57 Å². The fourth-order valence-corrected chi connectivity index (χ4v) is 2.11. The van der Waals surface area contributed by atoms with Gasteiger partial charge in [-0.3, -0.25) is 14.4 Å². The van der Waals surface area contributed by atoms with Crippen molar-refractivity contribution in [2.45, 2.75) is 26.4 Å². The molecule has 6 nitrogen and oxygen atoms in total. The summed E-state index contributed by atoms with van der Waals surface area (Å²) in [5, 5.41) is 2.55. The predicted octanol–water partition coefficient (Wildman–Crippen LogP) is 2.84. The summed E-state index contributed by atoms with van der Waals surface area (Å²) in [5.74, 6) is -0.0285. The number of carbonyl (C=O) groups is 2. The number of rotatable bonds is 10. The van der Waals surface area contributed by atoms with Crippen LogP contribution in [-0.2, 0) is 16.2 Å². The molecule has 0 atom stereocenters. The Bertz CT molecular complexity index is 687. The van der Waals surface area contributed by atoms with Gasteiger partial charge in [0, 0.05) is 5.56 Å². The van der Waals surface area contributed by atoms with E-state index in [0.717, 1.165) is 24.2 Å². The molecule has 26 heavy (non-hydrogen) atoms. The second-order valence-electron chi connectivity index (χ2n) is 5.71. The van der Waals surface area contributed by atoms with Gasteiger partial charge in [-0.05, 0) is 36.2 Å². The van der Waals surface area contributed by atoms with E-state index in [0.29, 0.717) is 12.2 Å². The van der Waals surface area contributed by atoms with Crippen molar-refractivity contribution in [1.82, 2.24) is 10.8 Å². The summed E-state index contributed by atoms with van der Waals surface area (Å²) < 4.78 is 5.55. The summed E-state index contributed by atoms with van der Waals surface area (Å²) in [7, 11) is 0. The number of amides is 2. The minimum absolute atomic E-state index is 0.164. The quantitative estimate of drug-likeness (QED) is 0.507. The van der Waals surface area contributed by atoms with E-state index < -0.39 is 5.91 Å². The van der Waals surface area contributed by atoms with E-state index >= 15 is 0 Å². The van der Waals surface area contributed by atoms with Gasteiger partial charge >= 0.3 is 0 Å². The van der Waals surface area contributed by atoms with E-state index in [1.54, 1.807) is 24.3 Å². The molecule has 0 unspecified atom stereocenters. The van der Waals surface area contributed by atoms with Crippen LogP contribution >= 0.6 is 0 Å². The topological polar surface area (TPSA) is 76.7 Å². The van der Waals surface area contributed by atoms with Crippen molar-refractivity contribution in [3.05, 3.63) is 65.7 Å². The minimum atomic E-state index is -0.422. The molecular weight excluding hydrogens is 332 g/mol. The smallest absolute Gasteiger partial charge is 0.262 e. The average Bonchev–Trinajstić information content (AvgIpc) is 2.68. The first-order chi connectivity index (χ1) is 12.7. The van der Waals surface area contributed by atoms with E-state index in [9.17, 15) is 9.59 Å². The molecule has 0 aliphatic heterocycles. The molecule has 2 aromatic rings. The van der Waals surface area contributed by atoms with Crippen molar-refractivity contribution >= 4 is 11.8 Å². The van der Waals surface area contributed by atoms with Crippen LogP contribution in [-0.4, -0.2) is 25.0 Å². The molecular formula is C20H24N2O4. The number of hydrogen-bond donors (Lipinski definition) is 2. The molecule has 0 heterocycles. The summed E-state index contributed by atoms with van der Waals surface area (Å²) >= 11 is 0. The molecule has 0 saturated carbocycles. The zero-order valence-corrected chi connectivity index (χ0v) is 14.9. The maximum Gasteiger partial charge on any atom is 0.262 e. The summed E-state index contributed by atoms with van der Waals surface area (Å²) in [6, 6.07) is 16.3. The Labute approximate surface area is 153 Å². The predicted molar refractivity (Wildman–Crippen MR) is 98.6 cm³/mol. The van der Waals surface area contributed by atoms with Crippen LogP contribution in [0.3, 0.4) is 0 Å². The second-order valence-corrected chi connectivity index (χ2v) is 5.71. The van der Waals surface area contributed by atoms with Gasteiger partial charge in [-0.25, -0.2) is 5.48 Å². The van der Waals surface area contributed by atoms with Gasteiger partial charge in [0.25, 0.3) is 11.8 Å². The minimum Gasteiger partial charge on any atom is -0.494 e. The molecule has 2 rings (SSSR count). The van der Waals surface area contributed by atoms with Gasteiger partial charge in [-0.15, -0.1) is 0 Å². The molecule has 0 fully saturated rings. The van der Waals surface area contributed by atoms with Gasteiger partial charge in [0.2, 0.25) is 0 Å². The van der Waals surface area contributed by atoms with Gasteiger partial charge in [-0.2, -0.15) is 0 Å². The van der Waals surface area contributed by atoms with Crippen molar-refractivity contribution in [2.75, 3.05) is 13.2 Å². The highest BCUT2D eigenvalue weighted by molar-refractivity contribution is 5.96. The van der Waals surface area contributed by atoms with Gasteiger partial charge in [-0.1, -0.05) is 43.7 Å². The summed E-state index contributed by atoms with van der Waals surface area (Å²) in [5.41, 5.74) is 3.71. The van der Waals surface area contributed by atoms with E-state index in [2.05, 4.69) is 17.7 Å². The largest absolute Gasteiger partial charge is 0.494 e. The van der Waals surface area contributed by atoms with Crippen molar-refractivity contribution in [3.8, 4) is 5.75 Å². The summed E-state index contributed by atoms with van der Waals surface area (Å²) in [6.45, 7) is 2.85. The fraction of sp³-hybridized carbons (Fsp3) is 0.300. The molecule has 6 heteroatoms. The molecule has 0 bridgehead atoms. The molecule has 2 aromatic carbocycles. The second kappa shape index (κ2) is 10.9. The summed E-state index contributed by atoms with van der Waals surface area (Å²) in [6.07, 6.45) is 2.06. The number of benzene rings is 2. The van der Waals surface area contributed by atoms with Crippen molar-refractivity contribution in [3.63, 3.8) is 0 Å². The Morgan fingerprint density at radius 1 is 1.00 bits per heavy atom. The van der Waals surface area contributed by atoms with Crippen LogP contribution in [0, 0.1) is 0 Å². The first-order valence-corrected chi connectivity index (χ1v) is 8.64. The molecule has 0 aromatic heterocycles. The zero-order valence-electron chi connectivity index (χ0n) is 14.9. The number of carbonyl (C=O) groups excluding carboxylic acids is 2. The van der Waals surface area contributed by atoms with Crippen molar-refractivity contribution < 1.29 is 19.2 Å². The lowest BCUT2D eigenvalue weighted by Gasteiger charge is -2.08. The molecule has 0 aliphatic rings. The number of hydrogen-bond acceptors (Lipinski definition) is 4. The Hall–Kier alpha value is -2.86. The van der Waals surface area contributed by atoms with Crippen LogP contribution in [0.25, 0.3) is 0 Å². The standard InChI is InChI=1S/C20H24N2O4/c1-2-3-13-25-18-11-9-17(10-12-18)20(24)21-14-19(23)22-26-15-16-7-5-4-6-8-16/h4-12H,2-3,13-15H2,1H3,(H,21,24)(H,22,23). The first kappa shape index (κ1) is 19.5. The third-order valence-corrected chi connectivity index (χ3v) is 3.56. The first-order valence-electron chi connectivity index (χ1n) is 8.64. The molecule has 0 saturated heterocycles. The lowest BCUT2D eigenvalue weighted by atomic mass is 10.2. The van der Waals surface area contributed by atoms with Gasteiger partial charge in [0.05, 0.1) is 19.8 Å². The van der Waals surface area contributed by atoms with Crippen LogP contribution in [0.15, 0.2) is 54.6 Å². The average molecular weight is 356 g/mol. The van der Waals surface area contributed by atoms with Crippen LogP contribution in [0.2, 0.25) is 0 Å². The molecule has 2 amide bonds. The highest BCUT2D eigenvalue weighted by Crippen LogP contribution is 2.12. The SMILES string of the molecule is CCCCOc1ccc(C(=O)NCC(=O)NOCc2ccccc2)cc1. The molecule has 0 radical (unpaired) electrons. The molecule has 2 N–H and O–H groups in total. The van der Waals surface area contributed by atoms with E-state index in [-0.39, 0.29) is 19.1 Å². The Balaban J connectivity index is 1.67. The molecule has 138 valence electrons. The van der Waals surface area contributed by atoms with Gasteiger partial charge in [0.1, 0.15) is 5.75 Å². The number of ether oxygens (including phenoxy) is 1. The van der Waals surface area contributed by atoms with Gasteiger partial charge in [0.15, 0.2) is 0 Å². The van der Waals surface area contributed by atoms with E-state index in [1.807, 2.05) is 30.3 Å². The Kier molecular flexibility index (Phi) is 8.15. The van der Waals surface area contributed by atoms with Crippen molar-refractivity contribution in [2.24, 2.45) is 0 Å². The highest BCUT2D eigenvalue weighted by Gasteiger charge is 2.08. The zero-order chi connectivity index (χ0) is 18.6. The van der Waals surface area contributed by atoms with E-state index in [1.165, 1.54) is 0 Å². The third-order valence-electron chi connectivity index (χ3n) is 3.56. The summed E-state index contributed by atoms with van der Waals surface area (Å²) in [4.78, 5) is 28.9. The lowest BCUT2D eigenvalue weighted by molar-refractivity contribution is -0.133. The Morgan fingerprint density at radius 2 is 1.73 bits per heavy atom. The maximum absolute atomic E-state index is 12.0.